The third-order valence-electron chi connectivity index (χ3n) is 8.31. The summed E-state index contributed by atoms with van der Waals surface area (Å²) >= 11 is 0. The minimum atomic E-state index is 0.108. The zero-order chi connectivity index (χ0) is 29.1. The van der Waals surface area contributed by atoms with E-state index in [-0.39, 0.29) is 11.9 Å². The minimum absolute atomic E-state index is 0.108. The van der Waals surface area contributed by atoms with Gasteiger partial charge in [0.25, 0.3) is 5.91 Å². The minimum Gasteiger partial charge on any atom is -0.331 e. The normalized spacial score (nSPS) is 13.9. The number of nitrogens with zero attached hydrogens (tertiary/aromatic N) is 4. The van der Waals surface area contributed by atoms with E-state index < -0.39 is 0 Å². The first kappa shape index (κ1) is 29.2. The number of likely N-dealkylation sites (tertiary alicyclic amines) is 1. The Kier molecular flexibility index (Phi) is 10.1. The Hall–Kier alpha value is -4.27. The molecule has 5 nitrogen and oxygen atoms in total. The zero-order valence-electron chi connectivity index (χ0n) is 24.6. The van der Waals surface area contributed by atoms with Gasteiger partial charge in [-0.25, -0.2) is 0 Å². The molecule has 2 heterocycles. The predicted molar refractivity (Wildman–Crippen MR) is 169 cm³/mol. The van der Waals surface area contributed by atoms with Gasteiger partial charge in [0.1, 0.15) is 0 Å². The number of piperidine rings is 1. The molecule has 1 fully saturated rings. The van der Waals surface area contributed by atoms with Gasteiger partial charge in [0.15, 0.2) is 0 Å². The Morgan fingerprint density at radius 1 is 0.881 bits per heavy atom. The molecular formula is C37H40N4O. The number of carbonyl (C=O) groups excluding carboxylic acids is 1. The van der Waals surface area contributed by atoms with E-state index in [2.05, 4.69) is 70.2 Å². The van der Waals surface area contributed by atoms with Crippen LogP contribution in [-0.4, -0.2) is 39.8 Å². The lowest BCUT2D eigenvalue weighted by atomic mass is 9.98. The van der Waals surface area contributed by atoms with Gasteiger partial charge in [-0.3, -0.25) is 14.7 Å². The number of nitriles is 1. The molecule has 3 aromatic carbocycles. The fraction of sp³-hybridized carbons (Fsp3) is 0.324. The summed E-state index contributed by atoms with van der Waals surface area (Å²) in [6, 6.07) is 30.9. The monoisotopic (exact) mass is 556 g/mol. The van der Waals surface area contributed by atoms with Crippen molar-refractivity contribution in [2.24, 2.45) is 0 Å². The third-order valence-corrected chi connectivity index (χ3v) is 8.31. The number of carbonyl (C=O) groups is 1. The number of benzene rings is 3. The standard InChI is InChI=1S/C37H40N4O/c1-2-3-4-6-29-8-18-35(19-9-29)37(42)41(36-20-23-40(24-21-36)27-32-7-5-22-39-26-32)28-31-12-16-34(17-13-31)33-14-10-30(25-38)11-15-33/h5,7-19,22,26,36H,2-4,6,20-21,23-24,27-28H2,1H3. The third kappa shape index (κ3) is 7.72. The van der Waals surface area contributed by atoms with Crippen LogP contribution in [0.25, 0.3) is 11.1 Å². The van der Waals surface area contributed by atoms with Gasteiger partial charge in [-0.2, -0.15) is 5.26 Å². The first-order valence-electron chi connectivity index (χ1n) is 15.2. The fourth-order valence-corrected chi connectivity index (χ4v) is 5.80. The number of hydrogen-bond donors (Lipinski definition) is 0. The van der Waals surface area contributed by atoms with Crippen LogP contribution in [-0.2, 0) is 19.5 Å². The second-order valence-corrected chi connectivity index (χ2v) is 11.3. The van der Waals surface area contributed by atoms with Gasteiger partial charge in [0, 0.05) is 50.2 Å². The molecule has 1 aliphatic rings. The van der Waals surface area contributed by atoms with Gasteiger partial charge in [-0.15, -0.1) is 0 Å². The number of unbranched alkanes of at least 4 members (excludes halogenated alkanes) is 2. The molecule has 0 aliphatic carbocycles. The van der Waals surface area contributed by atoms with Crippen molar-refractivity contribution in [2.75, 3.05) is 13.1 Å². The summed E-state index contributed by atoms with van der Waals surface area (Å²) in [6.07, 6.45) is 10.3. The van der Waals surface area contributed by atoms with Gasteiger partial charge in [0.05, 0.1) is 11.6 Å². The molecule has 1 saturated heterocycles. The van der Waals surface area contributed by atoms with Crippen LogP contribution < -0.4 is 0 Å². The Bertz CT molecular complexity index is 1450. The second-order valence-electron chi connectivity index (χ2n) is 11.3. The van der Waals surface area contributed by atoms with Gasteiger partial charge in [-0.1, -0.05) is 74.4 Å². The molecule has 42 heavy (non-hydrogen) atoms. The van der Waals surface area contributed by atoms with E-state index in [1.807, 2.05) is 54.9 Å². The molecule has 0 unspecified atom stereocenters. The molecule has 0 atom stereocenters. The van der Waals surface area contributed by atoms with Gasteiger partial charge in [0.2, 0.25) is 0 Å². The molecule has 0 spiro atoms. The summed E-state index contributed by atoms with van der Waals surface area (Å²) in [5.41, 5.74) is 7.25. The van der Waals surface area contributed by atoms with Gasteiger partial charge < -0.3 is 4.90 Å². The average molecular weight is 557 g/mol. The first-order valence-corrected chi connectivity index (χ1v) is 15.2. The summed E-state index contributed by atoms with van der Waals surface area (Å²) in [6.45, 7) is 5.61. The summed E-state index contributed by atoms with van der Waals surface area (Å²) in [4.78, 5) is 22.9. The average Bonchev–Trinajstić information content (AvgIpc) is 3.05. The van der Waals surface area contributed by atoms with Crippen molar-refractivity contribution in [3.63, 3.8) is 0 Å². The van der Waals surface area contributed by atoms with Crippen molar-refractivity contribution in [3.05, 3.63) is 125 Å². The van der Waals surface area contributed by atoms with E-state index in [0.717, 1.165) is 61.2 Å². The maximum Gasteiger partial charge on any atom is 0.254 e. The fourth-order valence-electron chi connectivity index (χ4n) is 5.80. The van der Waals surface area contributed by atoms with Crippen LogP contribution in [0.4, 0.5) is 0 Å². The van der Waals surface area contributed by atoms with E-state index in [9.17, 15) is 4.79 Å². The van der Waals surface area contributed by atoms with Gasteiger partial charge in [-0.05, 0) is 83.8 Å². The number of aromatic nitrogens is 1. The molecule has 0 saturated carbocycles. The van der Waals surface area contributed by atoms with E-state index in [4.69, 9.17) is 5.26 Å². The largest absolute Gasteiger partial charge is 0.331 e. The van der Waals surface area contributed by atoms with Crippen LogP contribution in [0.1, 0.15) is 71.6 Å². The van der Waals surface area contributed by atoms with Crippen molar-refractivity contribution < 1.29 is 4.79 Å². The highest BCUT2D eigenvalue weighted by molar-refractivity contribution is 5.94. The SMILES string of the molecule is CCCCCc1ccc(C(=O)N(Cc2ccc(-c3ccc(C#N)cc3)cc2)C2CCN(Cc3cccnc3)CC2)cc1. The molecule has 1 aromatic heterocycles. The van der Waals surface area contributed by atoms with Gasteiger partial charge >= 0.3 is 0 Å². The highest BCUT2D eigenvalue weighted by Crippen LogP contribution is 2.25. The van der Waals surface area contributed by atoms with E-state index in [1.165, 1.54) is 30.4 Å². The predicted octanol–water partition coefficient (Wildman–Crippen LogP) is 7.66. The number of hydrogen-bond acceptors (Lipinski definition) is 4. The molecule has 1 aliphatic heterocycles. The lowest BCUT2D eigenvalue weighted by molar-refractivity contribution is 0.0542. The molecule has 0 radical (unpaired) electrons. The van der Waals surface area contributed by atoms with Crippen molar-refractivity contribution >= 4 is 5.91 Å². The Morgan fingerprint density at radius 3 is 2.17 bits per heavy atom. The van der Waals surface area contributed by atoms with E-state index in [1.54, 1.807) is 0 Å². The van der Waals surface area contributed by atoms with Crippen molar-refractivity contribution in [1.82, 2.24) is 14.8 Å². The number of aryl methyl sites for hydroxylation is 1. The highest BCUT2D eigenvalue weighted by Gasteiger charge is 2.29. The summed E-state index contributed by atoms with van der Waals surface area (Å²) < 4.78 is 0. The number of amides is 1. The van der Waals surface area contributed by atoms with E-state index in [0.29, 0.717) is 12.1 Å². The molecular weight excluding hydrogens is 516 g/mol. The van der Waals surface area contributed by atoms with Crippen LogP contribution in [0.3, 0.4) is 0 Å². The van der Waals surface area contributed by atoms with E-state index >= 15 is 0 Å². The van der Waals surface area contributed by atoms with Crippen molar-refractivity contribution in [1.29, 1.82) is 5.26 Å². The lowest BCUT2D eigenvalue weighted by Crippen LogP contribution is -2.46. The Labute approximate surface area is 250 Å². The van der Waals surface area contributed by atoms with Crippen LogP contribution in [0.5, 0.6) is 0 Å². The quantitative estimate of drug-likeness (QED) is 0.178. The smallest absolute Gasteiger partial charge is 0.254 e. The zero-order valence-corrected chi connectivity index (χ0v) is 24.6. The van der Waals surface area contributed by atoms with Crippen LogP contribution in [0, 0.1) is 11.3 Å². The van der Waals surface area contributed by atoms with Crippen LogP contribution >= 0.6 is 0 Å². The summed E-state index contributed by atoms with van der Waals surface area (Å²) in [7, 11) is 0. The Balaban J connectivity index is 1.30. The molecule has 4 aromatic rings. The van der Waals surface area contributed by atoms with Crippen molar-refractivity contribution in [2.45, 2.75) is 64.6 Å². The first-order chi connectivity index (χ1) is 20.6. The van der Waals surface area contributed by atoms with Crippen LogP contribution in [0.2, 0.25) is 0 Å². The molecule has 214 valence electrons. The molecule has 1 amide bonds. The second kappa shape index (κ2) is 14.6. The lowest BCUT2D eigenvalue weighted by Gasteiger charge is -2.39. The summed E-state index contributed by atoms with van der Waals surface area (Å²) in [5, 5.41) is 9.10. The molecule has 5 heteroatoms. The maximum atomic E-state index is 14.0. The maximum absolute atomic E-state index is 14.0. The molecule has 5 rings (SSSR count). The number of rotatable bonds is 11. The highest BCUT2D eigenvalue weighted by atomic mass is 16.2. The Morgan fingerprint density at radius 2 is 1.55 bits per heavy atom. The summed E-state index contributed by atoms with van der Waals surface area (Å²) in [5.74, 6) is 0.108. The van der Waals surface area contributed by atoms with Crippen LogP contribution in [0.15, 0.2) is 97.3 Å². The molecule has 0 bridgehead atoms. The number of pyridine rings is 1. The van der Waals surface area contributed by atoms with Crippen molar-refractivity contribution in [3.8, 4) is 17.2 Å². The topological polar surface area (TPSA) is 60.2 Å². The molecule has 0 N–H and O–H groups in total.